The standard InChI is InChI=1S/C10H16ClN3/c1-8-9(11)10(12-13(8)2)14-6-4-3-5-7-14/h3-7H2,1-2H3. The predicted octanol–water partition coefficient (Wildman–Crippen LogP) is 2.37. The Labute approximate surface area is 89.7 Å². The molecule has 1 saturated heterocycles. The minimum atomic E-state index is 0.814. The molecule has 2 rings (SSSR count). The summed E-state index contributed by atoms with van der Waals surface area (Å²) in [7, 11) is 1.94. The summed E-state index contributed by atoms with van der Waals surface area (Å²) in [6.45, 7) is 4.19. The molecule has 3 nitrogen and oxygen atoms in total. The molecule has 0 aromatic carbocycles. The van der Waals surface area contributed by atoms with Crippen molar-refractivity contribution in [2.45, 2.75) is 26.2 Å². The van der Waals surface area contributed by atoms with Crippen molar-refractivity contribution in [3.8, 4) is 0 Å². The predicted molar refractivity (Wildman–Crippen MR) is 59.0 cm³/mol. The minimum Gasteiger partial charge on any atom is -0.354 e. The summed E-state index contributed by atoms with van der Waals surface area (Å²) in [4.78, 5) is 2.29. The molecule has 0 radical (unpaired) electrons. The number of aryl methyl sites for hydroxylation is 1. The Hall–Kier alpha value is -0.700. The van der Waals surface area contributed by atoms with Crippen molar-refractivity contribution in [2.24, 2.45) is 7.05 Å². The van der Waals surface area contributed by atoms with E-state index in [1.165, 1.54) is 19.3 Å². The van der Waals surface area contributed by atoms with E-state index in [9.17, 15) is 0 Å². The fourth-order valence-electron chi connectivity index (χ4n) is 1.87. The molecule has 0 N–H and O–H groups in total. The van der Waals surface area contributed by atoms with E-state index < -0.39 is 0 Å². The summed E-state index contributed by atoms with van der Waals surface area (Å²) in [6, 6.07) is 0. The Morgan fingerprint density at radius 1 is 1.21 bits per heavy atom. The van der Waals surface area contributed by atoms with Gasteiger partial charge in [0, 0.05) is 20.1 Å². The summed E-state index contributed by atoms with van der Waals surface area (Å²) in [6.07, 6.45) is 3.85. The fourth-order valence-corrected chi connectivity index (χ4v) is 2.15. The van der Waals surface area contributed by atoms with Crippen molar-refractivity contribution in [2.75, 3.05) is 18.0 Å². The van der Waals surface area contributed by atoms with Crippen molar-refractivity contribution in [3.63, 3.8) is 0 Å². The van der Waals surface area contributed by atoms with Crippen LogP contribution < -0.4 is 4.90 Å². The number of piperidine rings is 1. The van der Waals surface area contributed by atoms with Crippen LogP contribution in [0.2, 0.25) is 5.02 Å². The molecule has 0 saturated carbocycles. The Balaban J connectivity index is 2.26. The number of nitrogens with zero attached hydrogens (tertiary/aromatic N) is 3. The number of anilines is 1. The summed E-state index contributed by atoms with van der Waals surface area (Å²) in [5.74, 6) is 0.964. The van der Waals surface area contributed by atoms with Crippen LogP contribution in [0.3, 0.4) is 0 Å². The summed E-state index contributed by atoms with van der Waals surface area (Å²) in [5.41, 5.74) is 1.05. The van der Waals surface area contributed by atoms with Crippen LogP contribution in [0.4, 0.5) is 5.82 Å². The van der Waals surface area contributed by atoms with Gasteiger partial charge in [-0.1, -0.05) is 11.6 Å². The van der Waals surface area contributed by atoms with Crippen LogP contribution >= 0.6 is 11.6 Å². The van der Waals surface area contributed by atoms with Crippen LogP contribution in [0.5, 0.6) is 0 Å². The molecule has 1 aliphatic rings. The van der Waals surface area contributed by atoms with E-state index in [2.05, 4.69) is 10.00 Å². The average molecular weight is 214 g/mol. The first kappa shape index (κ1) is 9.84. The highest BCUT2D eigenvalue weighted by atomic mass is 35.5. The van der Waals surface area contributed by atoms with Gasteiger partial charge in [-0.05, 0) is 26.2 Å². The second-order valence-corrected chi connectivity index (χ2v) is 4.27. The molecule has 1 fully saturated rings. The molecule has 14 heavy (non-hydrogen) atoms. The van der Waals surface area contributed by atoms with Crippen LogP contribution in [-0.4, -0.2) is 22.9 Å². The number of hydrogen-bond acceptors (Lipinski definition) is 2. The maximum absolute atomic E-state index is 6.22. The molecule has 1 aromatic rings. The molecular weight excluding hydrogens is 198 g/mol. The summed E-state index contributed by atoms with van der Waals surface area (Å²) in [5, 5.41) is 5.26. The first-order chi connectivity index (χ1) is 6.70. The number of hydrogen-bond donors (Lipinski definition) is 0. The maximum atomic E-state index is 6.22. The molecular formula is C10H16ClN3. The van der Waals surface area contributed by atoms with Crippen LogP contribution in [0.25, 0.3) is 0 Å². The van der Waals surface area contributed by atoms with Crippen molar-refractivity contribution in [3.05, 3.63) is 10.7 Å². The van der Waals surface area contributed by atoms with Gasteiger partial charge in [0.15, 0.2) is 5.82 Å². The van der Waals surface area contributed by atoms with Gasteiger partial charge < -0.3 is 4.90 Å². The van der Waals surface area contributed by atoms with Gasteiger partial charge in [0.1, 0.15) is 5.02 Å². The lowest BCUT2D eigenvalue weighted by Gasteiger charge is -2.26. The maximum Gasteiger partial charge on any atom is 0.169 e. The zero-order chi connectivity index (χ0) is 10.1. The number of rotatable bonds is 1. The molecule has 0 unspecified atom stereocenters. The second kappa shape index (κ2) is 3.81. The first-order valence-electron chi connectivity index (χ1n) is 5.14. The van der Waals surface area contributed by atoms with Gasteiger partial charge >= 0.3 is 0 Å². The van der Waals surface area contributed by atoms with Gasteiger partial charge in [0.05, 0.1) is 5.69 Å². The molecule has 0 amide bonds. The highest BCUT2D eigenvalue weighted by Gasteiger charge is 2.18. The van der Waals surface area contributed by atoms with Crippen LogP contribution in [-0.2, 0) is 7.05 Å². The van der Waals surface area contributed by atoms with E-state index >= 15 is 0 Å². The van der Waals surface area contributed by atoms with Gasteiger partial charge in [-0.25, -0.2) is 0 Å². The van der Waals surface area contributed by atoms with Gasteiger partial charge in [0.2, 0.25) is 0 Å². The third-order valence-corrected chi connectivity index (χ3v) is 3.34. The minimum absolute atomic E-state index is 0.814. The fraction of sp³-hybridized carbons (Fsp3) is 0.700. The zero-order valence-electron chi connectivity index (χ0n) is 8.76. The Morgan fingerprint density at radius 2 is 1.86 bits per heavy atom. The van der Waals surface area contributed by atoms with Crippen molar-refractivity contribution in [1.29, 1.82) is 0 Å². The zero-order valence-corrected chi connectivity index (χ0v) is 9.51. The largest absolute Gasteiger partial charge is 0.354 e. The Kier molecular flexibility index (Phi) is 2.68. The normalized spacial score (nSPS) is 17.5. The smallest absolute Gasteiger partial charge is 0.169 e. The third kappa shape index (κ3) is 1.61. The summed E-state index contributed by atoms with van der Waals surface area (Å²) < 4.78 is 1.85. The lowest BCUT2D eigenvalue weighted by molar-refractivity contribution is 0.569. The van der Waals surface area contributed by atoms with E-state index in [0.29, 0.717) is 0 Å². The third-order valence-electron chi connectivity index (χ3n) is 2.90. The monoisotopic (exact) mass is 213 g/mol. The Bertz CT molecular complexity index is 326. The molecule has 0 aliphatic carbocycles. The SMILES string of the molecule is Cc1c(Cl)c(N2CCCCC2)nn1C. The Morgan fingerprint density at radius 3 is 2.36 bits per heavy atom. The molecule has 4 heteroatoms. The topological polar surface area (TPSA) is 21.1 Å². The van der Waals surface area contributed by atoms with Gasteiger partial charge in [-0.3, -0.25) is 4.68 Å². The van der Waals surface area contributed by atoms with E-state index in [1.54, 1.807) is 0 Å². The molecule has 0 spiro atoms. The number of halogens is 1. The van der Waals surface area contributed by atoms with Gasteiger partial charge in [-0.15, -0.1) is 0 Å². The quantitative estimate of drug-likeness (QED) is 0.714. The molecule has 78 valence electrons. The first-order valence-corrected chi connectivity index (χ1v) is 5.52. The van der Waals surface area contributed by atoms with E-state index in [1.807, 2.05) is 18.7 Å². The van der Waals surface area contributed by atoms with E-state index in [0.717, 1.165) is 29.6 Å². The highest BCUT2D eigenvalue weighted by molar-refractivity contribution is 6.33. The van der Waals surface area contributed by atoms with Crippen molar-refractivity contribution in [1.82, 2.24) is 9.78 Å². The molecule has 0 atom stereocenters. The van der Waals surface area contributed by atoms with Gasteiger partial charge in [-0.2, -0.15) is 5.10 Å². The lowest BCUT2D eigenvalue weighted by Crippen LogP contribution is -2.30. The van der Waals surface area contributed by atoms with E-state index in [4.69, 9.17) is 11.6 Å². The van der Waals surface area contributed by atoms with E-state index in [-0.39, 0.29) is 0 Å². The molecule has 1 aliphatic heterocycles. The second-order valence-electron chi connectivity index (χ2n) is 3.89. The van der Waals surface area contributed by atoms with Crippen LogP contribution in [0, 0.1) is 6.92 Å². The highest BCUT2D eigenvalue weighted by Crippen LogP contribution is 2.29. The lowest BCUT2D eigenvalue weighted by atomic mass is 10.1. The summed E-state index contributed by atoms with van der Waals surface area (Å²) >= 11 is 6.22. The number of aromatic nitrogens is 2. The van der Waals surface area contributed by atoms with Crippen molar-refractivity contribution < 1.29 is 0 Å². The van der Waals surface area contributed by atoms with Crippen molar-refractivity contribution >= 4 is 17.4 Å². The average Bonchev–Trinajstić information content (AvgIpc) is 2.47. The van der Waals surface area contributed by atoms with Gasteiger partial charge in [0.25, 0.3) is 0 Å². The van der Waals surface area contributed by atoms with Crippen LogP contribution in [0.1, 0.15) is 25.0 Å². The van der Waals surface area contributed by atoms with Crippen LogP contribution in [0.15, 0.2) is 0 Å². The molecule has 1 aromatic heterocycles. The molecule has 2 heterocycles. The molecule has 0 bridgehead atoms.